The van der Waals surface area contributed by atoms with Crippen LogP contribution in [-0.2, 0) is 11.3 Å². The third-order valence-electron chi connectivity index (χ3n) is 3.88. The number of rotatable bonds is 8. The summed E-state index contributed by atoms with van der Waals surface area (Å²) < 4.78 is 13.1. The van der Waals surface area contributed by atoms with Gasteiger partial charge in [0.2, 0.25) is 0 Å². The molecule has 0 aliphatic rings. The van der Waals surface area contributed by atoms with Crippen LogP contribution in [0.5, 0.6) is 17.2 Å². The molecule has 0 saturated heterocycles. The van der Waals surface area contributed by atoms with Crippen LogP contribution in [0.2, 0.25) is 0 Å². The minimum atomic E-state index is -0.168. The molecule has 1 heterocycles. The molecule has 140 valence electrons. The molecule has 1 amide bonds. The van der Waals surface area contributed by atoms with E-state index in [1.807, 2.05) is 56.4 Å². The van der Waals surface area contributed by atoms with Gasteiger partial charge in [-0.25, -0.2) is 0 Å². The van der Waals surface area contributed by atoms with Crippen LogP contribution in [-0.4, -0.2) is 28.8 Å². The summed E-state index contributed by atoms with van der Waals surface area (Å²) in [6, 6.07) is 15.0. The van der Waals surface area contributed by atoms with Crippen molar-refractivity contribution in [1.29, 1.82) is 0 Å². The fraction of sp³-hybridized carbons (Fsp3) is 0.238. The van der Waals surface area contributed by atoms with E-state index in [-0.39, 0.29) is 12.5 Å². The molecule has 0 radical (unpaired) electrons. The second-order valence-electron chi connectivity index (χ2n) is 6.31. The van der Waals surface area contributed by atoms with Crippen molar-refractivity contribution in [3.63, 3.8) is 0 Å². The fourth-order valence-electron chi connectivity index (χ4n) is 2.45. The van der Waals surface area contributed by atoms with E-state index in [0.717, 1.165) is 11.3 Å². The number of nitrogens with one attached hydrogen (secondary N) is 1. The molecule has 6 heteroatoms. The molecule has 0 bridgehead atoms. The third-order valence-corrected chi connectivity index (χ3v) is 3.88. The van der Waals surface area contributed by atoms with Gasteiger partial charge in [-0.3, -0.25) is 9.48 Å². The van der Waals surface area contributed by atoms with E-state index < -0.39 is 0 Å². The Kier molecular flexibility index (Phi) is 6.10. The highest BCUT2D eigenvalue weighted by Gasteiger charge is 2.04. The summed E-state index contributed by atoms with van der Waals surface area (Å²) in [7, 11) is 0. The molecule has 0 fully saturated rings. The molecule has 1 aromatic heterocycles. The Balaban J connectivity index is 1.40. The predicted molar refractivity (Wildman–Crippen MR) is 103 cm³/mol. The molecule has 2 aromatic carbocycles. The second-order valence-corrected chi connectivity index (χ2v) is 6.31. The molecule has 6 nitrogen and oxygen atoms in total. The molecule has 27 heavy (non-hydrogen) atoms. The summed E-state index contributed by atoms with van der Waals surface area (Å²) in [4.78, 5) is 11.9. The Morgan fingerprint density at radius 2 is 1.59 bits per heavy atom. The van der Waals surface area contributed by atoms with Crippen molar-refractivity contribution < 1.29 is 14.3 Å². The number of hydrogen-bond donors (Lipinski definition) is 1. The summed E-state index contributed by atoms with van der Waals surface area (Å²) in [5.41, 5.74) is 2.28. The van der Waals surface area contributed by atoms with E-state index in [4.69, 9.17) is 9.47 Å². The second kappa shape index (κ2) is 8.89. The lowest BCUT2D eigenvalue weighted by molar-refractivity contribution is -0.123. The Morgan fingerprint density at radius 3 is 2.22 bits per heavy atom. The maximum atomic E-state index is 11.9. The van der Waals surface area contributed by atoms with Gasteiger partial charge in [0, 0.05) is 12.7 Å². The number of benzene rings is 2. The highest BCUT2D eigenvalue weighted by molar-refractivity contribution is 5.77. The molecule has 0 aliphatic heterocycles. The third kappa shape index (κ3) is 5.88. The predicted octanol–water partition coefficient (Wildman–Crippen LogP) is 3.49. The number of ether oxygens (including phenoxy) is 2. The van der Waals surface area contributed by atoms with Crippen molar-refractivity contribution in [2.45, 2.75) is 20.4 Å². The van der Waals surface area contributed by atoms with Gasteiger partial charge in [-0.2, -0.15) is 5.10 Å². The summed E-state index contributed by atoms with van der Waals surface area (Å²) >= 11 is 0. The van der Waals surface area contributed by atoms with Gasteiger partial charge in [0.1, 0.15) is 17.2 Å². The van der Waals surface area contributed by atoms with Crippen LogP contribution >= 0.6 is 0 Å². The Labute approximate surface area is 158 Å². The van der Waals surface area contributed by atoms with E-state index in [2.05, 4.69) is 10.4 Å². The molecule has 3 aromatic rings. The van der Waals surface area contributed by atoms with E-state index in [9.17, 15) is 4.79 Å². The highest BCUT2D eigenvalue weighted by atomic mass is 16.5. The highest BCUT2D eigenvalue weighted by Crippen LogP contribution is 2.24. The number of carbonyl (C=O) groups is 1. The molecule has 1 N–H and O–H groups in total. The van der Waals surface area contributed by atoms with Gasteiger partial charge >= 0.3 is 0 Å². The molecule has 0 spiro atoms. The van der Waals surface area contributed by atoms with E-state index in [1.165, 1.54) is 5.56 Å². The first-order valence-corrected chi connectivity index (χ1v) is 8.81. The van der Waals surface area contributed by atoms with Crippen molar-refractivity contribution in [2.75, 3.05) is 13.2 Å². The summed E-state index contributed by atoms with van der Waals surface area (Å²) in [6.45, 7) is 5.12. The average Bonchev–Trinajstić information content (AvgIpc) is 3.08. The van der Waals surface area contributed by atoms with E-state index in [0.29, 0.717) is 24.6 Å². The van der Waals surface area contributed by atoms with E-state index >= 15 is 0 Å². The Morgan fingerprint density at radius 1 is 0.963 bits per heavy atom. The zero-order chi connectivity index (χ0) is 19.1. The minimum absolute atomic E-state index is 0.0314. The Bertz CT molecular complexity index is 870. The molecule has 0 atom stereocenters. The maximum absolute atomic E-state index is 11.9. The summed E-state index contributed by atoms with van der Waals surface area (Å²) in [6.07, 6.45) is 3.72. The van der Waals surface area contributed by atoms with Crippen LogP contribution in [0.15, 0.2) is 60.9 Å². The molecular weight excluding hydrogens is 342 g/mol. The SMILES string of the molecule is Cc1ccc(Oc2ccc(OCC(=O)NCCn3cc(C)cn3)cc2)cc1. The molecule has 0 aliphatic carbocycles. The first-order chi connectivity index (χ1) is 13.1. The van der Waals surface area contributed by atoms with Crippen molar-refractivity contribution >= 4 is 5.91 Å². The van der Waals surface area contributed by atoms with Gasteiger partial charge in [-0.1, -0.05) is 17.7 Å². The van der Waals surface area contributed by atoms with Gasteiger partial charge < -0.3 is 14.8 Å². The Hall–Kier alpha value is -3.28. The number of hydrogen-bond acceptors (Lipinski definition) is 4. The number of aromatic nitrogens is 2. The fourth-order valence-corrected chi connectivity index (χ4v) is 2.45. The van der Waals surface area contributed by atoms with Gasteiger partial charge in [0.05, 0.1) is 12.7 Å². The largest absolute Gasteiger partial charge is 0.484 e. The lowest BCUT2D eigenvalue weighted by atomic mass is 10.2. The normalized spacial score (nSPS) is 10.4. The van der Waals surface area contributed by atoms with Gasteiger partial charge in [-0.15, -0.1) is 0 Å². The number of aryl methyl sites for hydroxylation is 2. The van der Waals surface area contributed by atoms with Crippen LogP contribution in [0.4, 0.5) is 0 Å². The monoisotopic (exact) mass is 365 g/mol. The van der Waals surface area contributed by atoms with Crippen molar-refractivity contribution in [3.8, 4) is 17.2 Å². The molecule has 3 rings (SSSR count). The lowest BCUT2D eigenvalue weighted by Crippen LogP contribution is -2.31. The summed E-state index contributed by atoms with van der Waals surface area (Å²) in [5.74, 6) is 1.94. The van der Waals surface area contributed by atoms with Crippen molar-refractivity contribution in [2.24, 2.45) is 0 Å². The average molecular weight is 365 g/mol. The summed E-state index contributed by atoms with van der Waals surface area (Å²) in [5, 5.41) is 6.98. The number of amides is 1. The first kappa shape index (κ1) is 18.5. The molecular formula is C21H23N3O3. The molecule has 0 unspecified atom stereocenters. The van der Waals surface area contributed by atoms with Gasteiger partial charge in [-0.05, 0) is 55.8 Å². The smallest absolute Gasteiger partial charge is 0.258 e. The van der Waals surface area contributed by atoms with Crippen LogP contribution in [0.3, 0.4) is 0 Å². The molecule has 0 saturated carbocycles. The van der Waals surface area contributed by atoms with Gasteiger partial charge in [0.15, 0.2) is 6.61 Å². The van der Waals surface area contributed by atoms with E-state index in [1.54, 1.807) is 23.0 Å². The van der Waals surface area contributed by atoms with Crippen molar-refractivity contribution in [1.82, 2.24) is 15.1 Å². The van der Waals surface area contributed by atoms with Crippen LogP contribution < -0.4 is 14.8 Å². The lowest BCUT2D eigenvalue weighted by Gasteiger charge is -2.09. The first-order valence-electron chi connectivity index (χ1n) is 8.81. The number of carbonyl (C=O) groups excluding carboxylic acids is 1. The van der Waals surface area contributed by atoms with Gasteiger partial charge in [0.25, 0.3) is 5.91 Å². The standard InChI is InChI=1S/C21H23N3O3/c1-16-3-5-19(6-4-16)27-20-9-7-18(8-10-20)26-15-21(25)22-11-12-24-14-17(2)13-23-24/h3-10,13-14H,11-12,15H2,1-2H3,(H,22,25). The zero-order valence-corrected chi connectivity index (χ0v) is 15.5. The number of nitrogens with zero attached hydrogens (tertiary/aromatic N) is 2. The van der Waals surface area contributed by atoms with Crippen LogP contribution in [0.25, 0.3) is 0 Å². The van der Waals surface area contributed by atoms with Crippen LogP contribution in [0, 0.1) is 13.8 Å². The quantitative estimate of drug-likeness (QED) is 0.664. The topological polar surface area (TPSA) is 65.4 Å². The van der Waals surface area contributed by atoms with Crippen molar-refractivity contribution in [3.05, 3.63) is 72.1 Å². The zero-order valence-electron chi connectivity index (χ0n) is 15.5. The maximum Gasteiger partial charge on any atom is 0.258 e. The van der Waals surface area contributed by atoms with Crippen LogP contribution in [0.1, 0.15) is 11.1 Å². The minimum Gasteiger partial charge on any atom is -0.484 e.